The summed E-state index contributed by atoms with van der Waals surface area (Å²) in [5, 5.41) is 4.96. The van der Waals surface area contributed by atoms with Crippen molar-refractivity contribution in [2.24, 2.45) is 0 Å². The van der Waals surface area contributed by atoms with Crippen molar-refractivity contribution in [3.63, 3.8) is 0 Å². The summed E-state index contributed by atoms with van der Waals surface area (Å²) in [5.41, 5.74) is 9.91. The van der Waals surface area contributed by atoms with E-state index in [2.05, 4.69) is 171 Å². The highest BCUT2D eigenvalue weighted by atomic mass is 79.9. The largest absolute Gasteiger partial charge is 0.309 e. The van der Waals surface area contributed by atoms with Crippen molar-refractivity contribution in [1.29, 1.82) is 0 Å². The zero-order chi connectivity index (χ0) is 28.0. The summed E-state index contributed by atoms with van der Waals surface area (Å²) in [7, 11) is 0. The van der Waals surface area contributed by atoms with E-state index in [0.29, 0.717) is 0 Å². The van der Waals surface area contributed by atoms with Crippen LogP contribution in [-0.2, 0) is 5.41 Å². The van der Waals surface area contributed by atoms with Crippen molar-refractivity contribution < 1.29 is 0 Å². The van der Waals surface area contributed by atoms with Crippen LogP contribution in [0.15, 0.2) is 120 Å². The Kier molecular flexibility index (Phi) is 6.76. The number of rotatable bonds is 4. The number of fused-ring (bicyclic) bond motifs is 2. The highest BCUT2D eigenvalue weighted by Gasteiger charge is 2.23. The molecule has 0 N–H and O–H groups in total. The van der Waals surface area contributed by atoms with Crippen LogP contribution in [0.1, 0.15) is 37.5 Å². The van der Waals surface area contributed by atoms with Gasteiger partial charge >= 0.3 is 0 Å². The summed E-state index contributed by atoms with van der Waals surface area (Å²) in [6.45, 7) is 11.1. The first-order valence-corrected chi connectivity index (χ1v) is 14.7. The molecule has 0 radical (unpaired) electrons. The fourth-order valence-electron chi connectivity index (χ4n) is 5.75. The summed E-state index contributed by atoms with van der Waals surface area (Å²) in [5.74, 6) is 0. The normalized spacial score (nSPS) is 11.8. The van der Waals surface area contributed by atoms with Crippen molar-refractivity contribution in [1.82, 2.24) is 0 Å². The molecule has 0 heterocycles. The van der Waals surface area contributed by atoms with Crippen LogP contribution in [0.4, 0.5) is 17.1 Å². The zero-order valence-electron chi connectivity index (χ0n) is 23.8. The predicted molar refractivity (Wildman–Crippen MR) is 177 cm³/mol. The van der Waals surface area contributed by atoms with Gasteiger partial charge in [-0.05, 0) is 88.7 Å². The van der Waals surface area contributed by atoms with Gasteiger partial charge in [0.15, 0.2) is 0 Å². The first-order valence-electron chi connectivity index (χ1n) is 13.9. The van der Waals surface area contributed by atoms with Crippen molar-refractivity contribution in [3.8, 4) is 11.1 Å². The van der Waals surface area contributed by atoms with E-state index >= 15 is 0 Å². The van der Waals surface area contributed by atoms with Crippen molar-refractivity contribution in [2.75, 3.05) is 4.90 Å². The van der Waals surface area contributed by atoms with Crippen LogP contribution in [-0.4, -0.2) is 0 Å². The average molecular weight is 585 g/mol. The maximum atomic E-state index is 3.75. The highest BCUT2D eigenvalue weighted by molar-refractivity contribution is 9.10. The van der Waals surface area contributed by atoms with Gasteiger partial charge in [0, 0.05) is 26.6 Å². The smallest absolute Gasteiger partial charge is 0.0618 e. The lowest BCUT2D eigenvalue weighted by molar-refractivity contribution is 0.590. The van der Waals surface area contributed by atoms with Crippen LogP contribution in [0, 0.1) is 13.8 Å². The molecule has 6 rings (SSSR count). The summed E-state index contributed by atoms with van der Waals surface area (Å²) < 4.78 is 1.10. The van der Waals surface area contributed by atoms with Crippen LogP contribution < -0.4 is 4.90 Å². The van der Waals surface area contributed by atoms with Gasteiger partial charge in [0.05, 0.1) is 5.69 Å². The van der Waals surface area contributed by atoms with Crippen LogP contribution in [0.3, 0.4) is 0 Å². The number of aryl methyl sites for hydroxylation is 2. The van der Waals surface area contributed by atoms with Gasteiger partial charge in [-0.3, -0.25) is 0 Å². The van der Waals surface area contributed by atoms with E-state index in [-0.39, 0.29) is 5.41 Å². The number of nitrogens with zero attached hydrogens (tertiary/aromatic N) is 1. The predicted octanol–water partition coefficient (Wildman–Crippen LogP) is 11.8. The molecule has 40 heavy (non-hydrogen) atoms. The van der Waals surface area contributed by atoms with Crippen molar-refractivity contribution in [2.45, 2.75) is 40.0 Å². The Bertz CT molecular complexity index is 1760. The molecule has 198 valence electrons. The Labute approximate surface area is 246 Å². The SMILES string of the molecule is Cc1ccc(N(c2ccc(C(C)(C)C)cc2)c2c3ccccc3c(-c3cc(C)cc(Br)c3)c3ccccc23)cc1. The molecule has 0 spiro atoms. The van der Waals surface area contributed by atoms with Crippen LogP contribution >= 0.6 is 15.9 Å². The standard InChI is InChI=1S/C38H34BrN/c1-25-14-18-30(19-15-25)40(31-20-16-28(17-21-31)38(3,4)5)37-34-12-8-6-10-32(34)36(33-11-7-9-13-35(33)37)27-22-26(2)23-29(39)24-27/h6-24H,1-5H3. The second-order valence-electron chi connectivity index (χ2n) is 11.8. The monoisotopic (exact) mass is 583 g/mol. The maximum absolute atomic E-state index is 3.75. The second kappa shape index (κ2) is 10.3. The van der Waals surface area contributed by atoms with Gasteiger partial charge in [0.1, 0.15) is 0 Å². The topological polar surface area (TPSA) is 3.24 Å². The van der Waals surface area contributed by atoms with E-state index in [4.69, 9.17) is 0 Å². The van der Waals surface area contributed by atoms with Crippen molar-refractivity contribution in [3.05, 3.63) is 136 Å². The highest BCUT2D eigenvalue weighted by Crippen LogP contribution is 2.48. The molecule has 1 nitrogen and oxygen atoms in total. The first kappa shape index (κ1) is 26.3. The lowest BCUT2D eigenvalue weighted by atomic mass is 9.87. The van der Waals surface area contributed by atoms with Gasteiger partial charge in [-0.25, -0.2) is 0 Å². The van der Waals surface area contributed by atoms with E-state index in [1.807, 2.05) is 0 Å². The molecule has 0 fully saturated rings. The molecule has 0 aliphatic heterocycles. The minimum absolute atomic E-state index is 0.0936. The molecule has 0 saturated carbocycles. The summed E-state index contributed by atoms with van der Waals surface area (Å²) >= 11 is 3.75. The maximum Gasteiger partial charge on any atom is 0.0618 e. The summed E-state index contributed by atoms with van der Waals surface area (Å²) in [4.78, 5) is 2.44. The van der Waals surface area contributed by atoms with E-state index in [1.165, 1.54) is 55.0 Å². The fraction of sp³-hybridized carbons (Fsp3) is 0.158. The van der Waals surface area contributed by atoms with Gasteiger partial charge < -0.3 is 4.90 Å². The minimum Gasteiger partial charge on any atom is -0.309 e. The van der Waals surface area contributed by atoms with Gasteiger partial charge in [0.2, 0.25) is 0 Å². The van der Waals surface area contributed by atoms with Gasteiger partial charge in [0.25, 0.3) is 0 Å². The number of hydrogen-bond donors (Lipinski definition) is 0. The van der Waals surface area contributed by atoms with E-state index < -0.39 is 0 Å². The molecule has 0 unspecified atom stereocenters. The molecule has 0 amide bonds. The fourth-order valence-corrected chi connectivity index (χ4v) is 6.36. The molecule has 0 saturated heterocycles. The lowest BCUT2D eigenvalue weighted by Crippen LogP contribution is -2.14. The number of anilines is 3. The molecule has 0 aliphatic carbocycles. The number of halogens is 1. The van der Waals surface area contributed by atoms with E-state index in [1.54, 1.807) is 0 Å². The molecular formula is C38H34BrN. The quantitative estimate of drug-likeness (QED) is 0.186. The Morgan fingerprint density at radius 2 is 1.05 bits per heavy atom. The van der Waals surface area contributed by atoms with Crippen LogP contribution in [0.25, 0.3) is 32.7 Å². The average Bonchev–Trinajstić information content (AvgIpc) is 2.93. The molecular weight excluding hydrogens is 550 g/mol. The third-order valence-corrected chi connectivity index (χ3v) is 8.20. The first-order chi connectivity index (χ1) is 19.2. The molecule has 6 aromatic rings. The van der Waals surface area contributed by atoms with E-state index in [0.717, 1.165) is 15.8 Å². The third kappa shape index (κ3) is 4.82. The summed E-state index contributed by atoms with van der Waals surface area (Å²) in [6, 6.07) is 42.4. The van der Waals surface area contributed by atoms with Gasteiger partial charge in [-0.2, -0.15) is 0 Å². The Morgan fingerprint density at radius 3 is 1.55 bits per heavy atom. The Balaban J connectivity index is 1.72. The third-order valence-electron chi connectivity index (χ3n) is 7.74. The molecule has 0 aromatic heterocycles. The van der Waals surface area contributed by atoms with Crippen molar-refractivity contribution >= 4 is 54.5 Å². The Hall–Kier alpha value is -3.88. The molecule has 0 atom stereocenters. The van der Waals surface area contributed by atoms with Crippen LogP contribution in [0.5, 0.6) is 0 Å². The molecule has 6 aromatic carbocycles. The number of hydrogen-bond acceptors (Lipinski definition) is 1. The van der Waals surface area contributed by atoms with Gasteiger partial charge in [-0.1, -0.05) is 121 Å². The lowest BCUT2D eigenvalue weighted by Gasteiger charge is -2.30. The summed E-state index contributed by atoms with van der Waals surface area (Å²) in [6.07, 6.45) is 0. The number of benzene rings is 6. The Morgan fingerprint density at radius 1 is 0.550 bits per heavy atom. The molecule has 0 bridgehead atoms. The zero-order valence-corrected chi connectivity index (χ0v) is 25.4. The minimum atomic E-state index is 0.0936. The molecule has 0 aliphatic rings. The molecule has 2 heteroatoms. The van der Waals surface area contributed by atoms with Crippen LogP contribution in [0.2, 0.25) is 0 Å². The second-order valence-corrected chi connectivity index (χ2v) is 12.7. The van der Waals surface area contributed by atoms with E-state index in [9.17, 15) is 0 Å². The van der Waals surface area contributed by atoms with Gasteiger partial charge in [-0.15, -0.1) is 0 Å².